The average Bonchev–Trinajstić information content (AvgIpc) is 2.42. The highest BCUT2D eigenvalue weighted by Gasteiger charge is 2.03. The molecular formula is C5H7NO. The van der Waals surface area contributed by atoms with E-state index in [0.717, 1.165) is 19.4 Å². The normalized spacial score (nSPS) is 15.1. The summed E-state index contributed by atoms with van der Waals surface area (Å²) < 4.78 is 0. The summed E-state index contributed by atoms with van der Waals surface area (Å²) in [5.41, 5.74) is 1.34. The van der Waals surface area contributed by atoms with Gasteiger partial charge in [0, 0.05) is 6.54 Å². The van der Waals surface area contributed by atoms with Crippen LogP contribution in [-0.2, 0) is 4.79 Å². The molecule has 0 aliphatic heterocycles. The first kappa shape index (κ1) is 4.37. The van der Waals surface area contributed by atoms with Crippen LogP contribution in [-0.4, -0.2) is 13.0 Å². The molecule has 0 bridgehead atoms. The zero-order valence-electron chi connectivity index (χ0n) is 3.98. The van der Waals surface area contributed by atoms with Gasteiger partial charge in [0.05, 0.1) is 0 Å². The molecule has 1 amide bonds. The Morgan fingerprint density at radius 2 is 2.71 bits per heavy atom. The third kappa shape index (κ3) is 1.39. The first-order chi connectivity index (χ1) is 3.43. The van der Waals surface area contributed by atoms with Gasteiger partial charge in [-0.15, -0.1) is 0 Å². The molecule has 0 heterocycles. The third-order valence-electron chi connectivity index (χ3n) is 0.905. The van der Waals surface area contributed by atoms with E-state index in [0.29, 0.717) is 0 Å². The number of hydrogen-bond acceptors (Lipinski definition) is 1. The monoisotopic (exact) mass is 97.1 g/mol. The van der Waals surface area contributed by atoms with Crippen molar-refractivity contribution in [2.45, 2.75) is 6.42 Å². The van der Waals surface area contributed by atoms with Crippen molar-refractivity contribution in [2.24, 2.45) is 0 Å². The number of carbonyl (C=O) groups is 1. The van der Waals surface area contributed by atoms with Crippen LogP contribution in [0, 0.1) is 0 Å². The largest absolute Gasteiger partial charge is 0.355 e. The van der Waals surface area contributed by atoms with Crippen LogP contribution in [0.3, 0.4) is 0 Å². The minimum atomic E-state index is 0.721. The van der Waals surface area contributed by atoms with Crippen molar-refractivity contribution in [1.82, 2.24) is 5.32 Å². The number of hydrogen-bond donors (Lipinski definition) is 1. The summed E-state index contributed by atoms with van der Waals surface area (Å²) in [5.74, 6) is 0. The topological polar surface area (TPSA) is 29.1 Å². The second-order valence-corrected chi connectivity index (χ2v) is 1.57. The lowest BCUT2D eigenvalue weighted by atomic mass is 10.5. The predicted octanol–water partition coefficient (Wildman–Crippen LogP) is 0.0625. The van der Waals surface area contributed by atoms with Crippen LogP contribution in [0.4, 0.5) is 0 Å². The van der Waals surface area contributed by atoms with Gasteiger partial charge >= 0.3 is 0 Å². The second kappa shape index (κ2) is 1.78. The van der Waals surface area contributed by atoms with Gasteiger partial charge in [-0.05, 0) is 6.42 Å². The molecule has 38 valence electrons. The van der Waals surface area contributed by atoms with E-state index in [-0.39, 0.29) is 0 Å². The van der Waals surface area contributed by atoms with Crippen LogP contribution in [0.1, 0.15) is 6.42 Å². The Hall–Kier alpha value is -0.790. The minimum Gasteiger partial charge on any atom is -0.355 e. The van der Waals surface area contributed by atoms with E-state index >= 15 is 0 Å². The summed E-state index contributed by atoms with van der Waals surface area (Å²) in [6.07, 6.45) is 3.91. The van der Waals surface area contributed by atoms with Crippen LogP contribution >= 0.6 is 0 Å². The van der Waals surface area contributed by atoms with Gasteiger partial charge in [-0.3, -0.25) is 4.79 Å². The Balaban J connectivity index is 1.99. The Bertz CT molecular complexity index is 107. The molecule has 7 heavy (non-hydrogen) atoms. The molecule has 0 atom stereocenters. The molecule has 0 radical (unpaired) electrons. The molecule has 1 rings (SSSR count). The first-order valence-electron chi connectivity index (χ1n) is 2.28. The fraction of sp³-hybridized carbons (Fsp3) is 0.400. The molecule has 0 fully saturated rings. The number of rotatable bonds is 3. The molecule has 0 saturated carbocycles. The quantitative estimate of drug-likeness (QED) is 0.391. The van der Waals surface area contributed by atoms with Crippen molar-refractivity contribution < 1.29 is 4.79 Å². The number of carbonyl (C=O) groups excluding carboxylic acids is 1. The summed E-state index contributed by atoms with van der Waals surface area (Å²) >= 11 is 0. The molecule has 0 aromatic carbocycles. The molecule has 1 aliphatic rings. The molecule has 1 N–H and O–H groups in total. The van der Waals surface area contributed by atoms with Crippen molar-refractivity contribution in [3.8, 4) is 0 Å². The molecule has 0 spiro atoms. The Morgan fingerprint density at radius 1 is 2.00 bits per heavy atom. The molecule has 2 nitrogen and oxygen atoms in total. The van der Waals surface area contributed by atoms with Gasteiger partial charge in [0.1, 0.15) is 0 Å². The number of nitrogens with one attached hydrogen (secondary N) is 1. The van der Waals surface area contributed by atoms with Crippen molar-refractivity contribution in [1.29, 1.82) is 0 Å². The van der Waals surface area contributed by atoms with Gasteiger partial charge in [-0.1, -0.05) is 11.6 Å². The summed E-state index contributed by atoms with van der Waals surface area (Å²) in [6.45, 7) is 0.753. The van der Waals surface area contributed by atoms with Gasteiger partial charge in [0.2, 0.25) is 6.41 Å². The third-order valence-corrected chi connectivity index (χ3v) is 0.905. The number of allylic oxidation sites excluding steroid dienone is 1. The SMILES string of the molecule is O=CNCC1=CC1. The second-order valence-electron chi connectivity index (χ2n) is 1.57. The van der Waals surface area contributed by atoms with Crippen molar-refractivity contribution in [3.05, 3.63) is 11.6 Å². The van der Waals surface area contributed by atoms with Crippen molar-refractivity contribution >= 4 is 6.41 Å². The van der Waals surface area contributed by atoms with Crippen LogP contribution in [0.25, 0.3) is 0 Å². The first-order valence-corrected chi connectivity index (χ1v) is 2.28. The zero-order chi connectivity index (χ0) is 5.11. The highest BCUT2D eigenvalue weighted by molar-refractivity contribution is 5.47. The maximum absolute atomic E-state index is 9.60. The molecular weight excluding hydrogens is 90.1 g/mol. The van der Waals surface area contributed by atoms with E-state index in [2.05, 4.69) is 11.4 Å². The van der Waals surface area contributed by atoms with Crippen molar-refractivity contribution in [2.75, 3.05) is 6.54 Å². The van der Waals surface area contributed by atoms with Crippen LogP contribution < -0.4 is 5.32 Å². The number of amides is 1. The van der Waals surface area contributed by atoms with Crippen LogP contribution in [0.5, 0.6) is 0 Å². The van der Waals surface area contributed by atoms with E-state index in [1.807, 2.05) is 0 Å². The van der Waals surface area contributed by atoms with Gasteiger partial charge in [-0.2, -0.15) is 0 Å². The Labute approximate surface area is 42.2 Å². The summed E-state index contributed by atoms with van der Waals surface area (Å²) in [5, 5.41) is 2.56. The lowest BCUT2D eigenvalue weighted by molar-refractivity contribution is -0.109. The van der Waals surface area contributed by atoms with Gasteiger partial charge in [-0.25, -0.2) is 0 Å². The lowest BCUT2D eigenvalue weighted by Crippen LogP contribution is -2.10. The Kier molecular flexibility index (Phi) is 1.11. The van der Waals surface area contributed by atoms with Gasteiger partial charge in [0.25, 0.3) is 0 Å². The smallest absolute Gasteiger partial charge is 0.207 e. The predicted molar refractivity (Wildman–Crippen MR) is 26.8 cm³/mol. The van der Waals surface area contributed by atoms with Crippen LogP contribution in [0.2, 0.25) is 0 Å². The molecule has 0 unspecified atom stereocenters. The van der Waals surface area contributed by atoms with Gasteiger partial charge in [0.15, 0.2) is 0 Å². The Morgan fingerprint density at radius 3 is 3.14 bits per heavy atom. The van der Waals surface area contributed by atoms with E-state index in [4.69, 9.17) is 0 Å². The molecule has 0 aromatic rings. The molecule has 0 saturated heterocycles. The standard InChI is InChI=1S/C5H7NO/c7-4-6-3-5-1-2-5/h1,4H,2-3H2,(H,6,7). The minimum absolute atomic E-state index is 0.721. The molecule has 2 heteroatoms. The summed E-state index contributed by atoms with van der Waals surface area (Å²) in [6, 6.07) is 0. The fourth-order valence-corrected chi connectivity index (χ4v) is 0.389. The van der Waals surface area contributed by atoms with Crippen LogP contribution in [0.15, 0.2) is 11.6 Å². The molecule has 0 aromatic heterocycles. The van der Waals surface area contributed by atoms with E-state index in [9.17, 15) is 4.79 Å². The van der Waals surface area contributed by atoms with Crippen molar-refractivity contribution in [3.63, 3.8) is 0 Å². The van der Waals surface area contributed by atoms with E-state index in [1.165, 1.54) is 5.57 Å². The zero-order valence-corrected chi connectivity index (χ0v) is 3.98. The summed E-state index contributed by atoms with van der Waals surface area (Å²) in [4.78, 5) is 9.60. The van der Waals surface area contributed by atoms with E-state index in [1.54, 1.807) is 0 Å². The highest BCUT2D eigenvalue weighted by atomic mass is 16.1. The van der Waals surface area contributed by atoms with Gasteiger partial charge < -0.3 is 5.32 Å². The lowest BCUT2D eigenvalue weighted by Gasteiger charge is -1.85. The maximum atomic E-state index is 9.60. The van der Waals surface area contributed by atoms with E-state index < -0.39 is 0 Å². The molecule has 1 aliphatic carbocycles. The maximum Gasteiger partial charge on any atom is 0.207 e. The fourth-order valence-electron chi connectivity index (χ4n) is 0.389. The average molecular weight is 97.1 g/mol. The summed E-state index contributed by atoms with van der Waals surface area (Å²) in [7, 11) is 0. The highest BCUT2D eigenvalue weighted by Crippen LogP contribution is 2.15.